The van der Waals surface area contributed by atoms with Gasteiger partial charge >= 0.3 is 0 Å². The predicted octanol–water partition coefficient (Wildman–Crippen LogP) is 4.92. The van der Waals surface area contributed by atoms with Crippen molar-refractivity contribution in [1.82, 2.24) is 5.32 Å². The highest BCUT2D eigenvalue weighted by Crippen LogP contribution is 2.32. The molecule has 0 amide bonds. The number of nitrogens with one attached hydrogen (secondary N) is 2. The van der Waals surface area contributed by atoms with E-state index in [4.69, 9.17) is 15.9 Å². The number of ether oxygens (including phenoxy) is 1. The number of anilines is 1. The van der Waals surface area contributed by atoms with E-state index in [0.29, 0.717) is 23.3 Å². The Bertz CT molecular complexity index is 977. The number of fused-ring (bicyclic) bond motifs is 1. The Balaban J connectivity index is 1.50. The molecule has 1 saturated heterocycles. The Kier molecular flexibility index (Phi) is 5.84. The van der Waals surface area contributed by atoms with E-state index in [9.17, 15) is 0 Å². The van der Waals surface area contributed by atoms with Gasteiger partial charge in [0.1, 0.15) is 10.8 Å². The first-order chi connectivity index (χ1) is 13.7. The molecule has 3 aromatic rings. The maximum atomic E-state index is 8.63. The quantitative estimate of drug-likeness (QED) is 0.250. The van der Waals surface area contributed by atoms with E-state index in [1.165, 1.54) is 30.0 Å². The highest BCUT2D eigenvalue weighted by molar-refractivity contribution is 8.14. The van der Waals surface area contributed by atoms with Crippen LogP contribution in [0.15, 0.2) is 65.6 Å². The smallest absolute Gasteiger partial charge is 0.120 e. The standard InChI is InChI=1S/C23H25N3OS/c24-21-11-10-18(27-15-16-5-4-12-26-14-16)13-20(21)23(25)28-22-9-3-7-17-6-1-2-8-19(17)22/h1-3,6-11,13,16,25-26H,4-5,12,14-15,24H2. The molecule has 28 heavy (non-hydrogen) atoms. The summed E-state index contributed by atoms with van der Waals surface area (Å²) in [7, 11) is 0. The van der Waals surface area contributed by atoms with Crippen molar-refractivity contribution in [3.8, 4) is 5.75 Å². The minimum absolute atomic E-state index is 0.429. The number of benzene rings is 3. The fourth-order valence-corrected chi connectivity index (χ4v) is 4.50. The Morgan fingerprint density at radius 1 is 1.14 bits per heavy atom. The summed E-state index contributed by atoms with van der Waals surface area (Å²) >= 11 is 1.43. The van der Waals surface area contributed by atoms with Gasteiger partial charge in [0.05, 0.1) is 6.61 Å². The van der Waals surface area contributed by atoms with E-state index >= 15 is 0 Å². The third-order valence-electron chi connectivity index (χ3n) is 5.12. The van der Waals surface area contributed by atoms with Gasteiger partial charge in [-0.25, -0.2) is 0 Å². The van der Waals surface area contributed by atoms with Crippen LogP contribution in [0.25, 0.3) is 10.8 Å². The number of hydrogen-bond donors (Lipinski definition) is 3. The molecule has 1 atom stereocenters. The minimum atomic E-state index is 0.429. The summed E-state index contributed by atoms with van der Waals surface area (Å²) in [6.45, 7) is 2.81. The molecule has 1 fully saturated rings. The molecule has 4 nitrogen and oxygen atoms in total. The molecule has 0 saturated carbocycles. The molecule has 144 valence electrons. The second-order valence-electron chi connectivity index (χ2n) is 7.18. The van der Waals surface area contributed by atoms with Gasteiger partial charge in [-0.15, -0.1) is 0 Å². The van der Waals surface area contributed by atoms with E-state index in [0.717, 1.165) is 34.7 Å². The van der Waals surface area contributed by atoms with Crippen LogP contribution in [0.1, 0.15) is 18.4 Å². The first-order valence-electron chi connectivity index (χ1n) is 9.68. The van der Waals surface area contributed by atoms with Gasteiger partial charge in [0, 0.05) is 28.6 Å². The topological polar surface area (TPSA) is 71.1 Å². The SMILES string of the molecule is N=C(Sc1cccc2ccccc12)c1cc(OCC2CCCNC2)ccc1N. The minimum Gasteiger partial charge on any atom is -0.493 e. The monoisotopic (exact) mass is 391 g/mol. The van der Waals surface area contributed by atoms with Crippen molar-refractivity contribution >= 4 is 33.3 Å². The summed E-state index contributed by atoms with van der Waals surface area (Å²) in [5.74, 6) is 1.32. The number of nitrogens with two attached hydrogens (primary N) is 1. The maximum Gasteiger partial charge on any atom is 0.120 e. The van der Waals surface area contributed by atoms with Crippen LogP contribution in [0, 0.1) is 11.3 Å². The van der Waals surface area contributed by atoms with Crippen molar-refractivity contribution in [2.24, 2.45) is 5.92 Å². The van der Waals surface area contributed by atoms with Gasteiger partial charge in [-0.3, -0.25) is 5.41 Å². The first-order valence-corrected chi connectivity index (χ1v) is 10.5. The van der Waals surface area contributed by atoms with Crippen LogP contribution in [0.4, 0.5) is 5.69 Å². The van der Waals surface area contributed by atoms with Crippen LogP contribution < -0.4 is 15.8 Å². The zero-order valence-electron chi connectivity index (χ0n) is 15.8. The molecule has 0 aliphatic carbocycles. The number of rotatable bonds is 5. The second-order valence-corrected chi connectivity index (χ2v) is 8.23. The summed E-state index contributed by atoms with van der Waals surface area (Å²) in [5, 5.41) is 14.8. The van der Waals surface area contributed by atoms with Gasteiger partial charge in [0.15, 0.2) is 0 Å². The maximum absolute atomic E-state index is 8.63. The number of thioether (sulfide) groups is 1. The molecule has 0 aromatic heterocycles. The molecular formula is C23H25N3OS. The Labute approximate surface area is 170 Å². The van der Waals surface area contributed by atoms with Crippen LogP contribution in [-0.2, 0) is 0 Å². The predicted molar refractivity (Wildman–Crippen MR) is 119 cm³/mol. The fraction of sp³-hybridized carbons (Fsp3) is 0.261. The molecule has 5 heteroatoms. The Morgan fingerprint density at radius 2 is 2.00 bits per heavy atom. The van der Waals surface area contributed by atoms with Gasteiger partial charge in [-0.2, -0.15) is 0 Å². The van der Waals surface area contributed by atoms with Crippen LogP contribution in [0.3, 0.4) is 0 Å². The van der Waals surface area contributed by atoms with Gasteiger partial charge in [-0.05, 0) is 54.4 Å². The van der Waals surface area contributed by atoms with Crippen LogP contribution >= 0.6 is 11.8 Å². The Hall–Kier alpha value is -2.50. The van der Waals surface area contributed by atoms with E-state index in [-0.39, 0.29) is 0 Å². The lowest BCUT2D eigenvalue weighted by molar-refractivity contribution is 0.218. The molecule has 4 rings (SSSR count). The summed E-state index contributed by atoms with van der Waals surface area (Å²) in [6.07, 6.45) is 2.40. The van der Waals surface area contributed by atoms with Crippen LogP contribution in [0.2, 0.25) is 0 Å². The third kappa shape index (κ3) is 4.32. The van der Waals surface area contributed by atoms with E-state index in [1.54, 1.807) is 0 Å². The normalized spacial score (nSPS) is 16.8. The zero-order chi connectivity index (χ0) is 19.3. The summed E-state index contributed by atoms with van der Waals surface area (Å²) in [6, 6.07) is 20.0. The molecule has 4 N–H and O–H groups in total. The number of nitrogen functional groups attached to an aromatic ring is 1. The van der Waals surface area contributed by atoms with Gasteiger partial charge in [0.25, 0.3) is 0 Å². The lowest BCUT2D eigenvalue weighted by Crippen LogP contribution is -2.33. The molecule has 1 aliphatic heterocycles. The van der Waals surface area contributed by atoms with E-state index in [2.05, 4.69) is 23.5 Å². The molecule has 1 heterocycles. The van der Waals surface area contributed by atoms with Crippen LogP contribution in [-0.4, -0.2) is 24.7 Å². The first kappa shape index (κ1) is 18.8. The molecule has 0 spiro atoms. The molecular weight excluding hydrogens is 366 g/mol. The Morgan fingerprint density at radius 3 is 2.86 bits per heavy atom. The number of hydrogen-bond acceptors (Lipinski definition) is 5. The van der Waals surface area contributed by atoms with Crippen molar-refractivity contribution in [3.63, 3.8) is 0 Å². The van der Waals surface area contributed by atoms with Gasteiger partial charge < -0.3 is 15.8 Å². The van der Waals surface area contributed by atoms with Gasteiger partial charge in [-0.1, -0.05) is 48.2 Å². The average Bonchev–Trinajstić information content (AvgIpc) is 2.74. The molecule has 1 aliphatic rings. The van der Waals surface area contributed by atoms with Crippen molar-refractivity contribution in [3.05, 3.63) is 66.2 Å². The average molecular weight is 392 g/mol. The largest absolute Gasteiger partial charge is 0.493 e. The molecule has 3 aromatic carbocycles. The lowest BCUT2D eigenvalue weighted by atomic mass is 10.0. The van der Waals surface area contributed by atoms with Crippen molar-refractivity contribution in [1.29, 1.82) is 5.41 Å². The highest BCUT2D eigenvalue weighted by atomic mass is 32.2. The van der Waals surface area contributed by atoms with Crippen molar-refractivity contribution < 1.29 is 4.74 Å². The van der Waals surface area contributed by atoms with Crippen molar-refractivity contribution in [2.45, 2.75) is 17.7 Å². The molecule has 0 radical (unpaired) electrons. The van der Waals surface area contributed by atoms with E-state index in [1.807, 2.05) is 42.5 Å². The van der Waals surface area contributed by atoms with E-state index < -0.39 is 0 Å². The van der Waals surface area contributed by atoms with Crippen molar-refractivity contribution in [2.75, 3.05) is 25.4 Å². The lowest BCUT2D eigenvalue weighted by Gasteiger charge is -2.23. The summed E-state index contributed by atoms with van der Waals surface area (Å²) in [4.78, 5) is 1.06. The van der Waals surface area contributed by atoms with Crippen LogP contribution in [0.5, 0.6) is 5.75 Å². The summed E-state index contributed by atoms with van der Waals surface area (Å²) in [5.41, 5.74) is 7.50. The van der Waals surface area contributed by atoms with Gasteiger partial charge in [0.2, 0.25) is 0 Å². The fourth-order valence-electron chi connectivity index (χ4n) is 3.55. The number of piperidine rings is 1. The summed E-state index contributed by atoms with van der Waals surface area (Å²) < 4.78 is 6.01. The molecule has 0 bridgehead atoms. The third-order valence-corrected chi connectivity index (χ3v) is 6.12. The molecule has 1 unspecified atom stereocenters. The highest BCUT2D eigenvalue weighted by Gasteiger charge is 2.15. The zero-order valence-corrected chi connectivity index (χ0v) is 16.6. The second kappa shape index (κ2) is 8.67.